The SMILES string of the molecule is COc1ccc(-c2cc(Nc3ccnc(N4CCC(C(F)(F)F)CC4)n3)on2)cc1. The quantitative estimate of drug-likeness (QED) is 0.644. The van der Waals surface area contributed by atoms with Gasteiger partial charge in [0, 0.05) is 30.9 Å². The van der Waals surface area contributed by atoms with Crippen LogP contribution in [0.2, 0.25) is 0 Å². The molecule has 3 aromatic rings. The molecule has 1 saturated heterocycles. The minimum atomic E-state index is -4.15. The first-order valence-corrected chi connectivity index (χ1v) is 9.45. The standard InChI is InChI=1S/C20H20F3N5O2/c1-29-15-4-2-13(3-5-15)16-12-18(30-27-16)25-17-6-9-24-19(26-17)28-10-7-14(8-11-28)20(21,22)23/h2-6,9,12,14H,7-8,10-11H2,1H3,(H,24,25,26). The van der Waals surface area contributed by atoms with Gasteiger partial charge in [0.1, 0.15) is 17.3 Å². The largest absolute Gasteiger partial charge is 0.497 e. The van der Waals surface area contributed by atoms with Crippen molar-refractivity contribution < 1.29 is 22.4 Å². The number of rotatable bonds is 5. The zero-order chi connectivity index (χ0) is 21.1. The van der Waals surface area contributed by atoms with E-state index in [4.69, 9.17) is 9.26 Å². The molecule has 0 atom stereocenters. The Bertz CT molecular complexity index is 983. The zero-order valence-electron chi connectivity index (χ0n) is 16.2. The number of nitrogens with one attached hydrogen (secondary N) is 1. The molecule has 1 fully saturated rings. The molecule has 1 aliphatic heterocycles. The number of halogens is 3. The number of anilines is 3. The van der Waals surface area contributed by atoms with Crippen LogP contribution in [-0.2, 0) is 0 Å². The van der Waals surface area contributed by atoms with Crippen molar-refractivity contribution in [3.05, 3.63) is 42.6 Å². The first-order chi connectivity index (χ1) is 14.4. The van der Waals surface area contributed by atoms with E-state index >= 15 is 0 Å². The van der Waals surface area contributed by atoms with Crippen LogP contribution in [0.1, 0.15) is 12.8 Å². The predicted molar refractivity (Wildman–Crippen MR) is 105 cm³/mol. The maximum Gasteiger partial charge on any atom is 0.391 e. The normalized spacial score (nSPS) is 15.3. The van der Waals surface area contributed by atoms with Gasteiger partial charge in [-0.15, -0.1) is 0 Å². The highest BCUT2D eigenvalue weighted by atomic mass is 19.4. The maximum absolute atomic E-state index is 12.9. The number of nitrogens with zero attached hydrogens (tertiary/aromatic N) is 4. The van der Waals surface area contributed by atoms with E-state index in [9.17, 15) is 13.2 Å². The molecule has 0 amide bonds. The third-order valence-electron chi connectivity index (χ3n) is 5.03. The molecule has 1 N–H and O–H groups in total. The summed E-state index contributed by atoms with van der Waals surface area (Å²) in [7, 11) is 1.60. The van der Waals surface area contributed by atoms with E-state index in [1.807, 2.05) is 24.3 Å². The first-order valence-electron chi connectivity index (χ1n) is 9.45. The van der Waals surface area contributed by atoms with Crippen molar-refractivity contribution in [3.8, 4) is 17.0 Å². The Morgan fingerprint density at radius 3 is 2.53 bits per heavy atom. The Morgan fingerprint density at radius 1 is 1.13 bits per heavy atom. The molecule has 1 aliphatic rings. The molecule has 7 nitrogen and oxygen atoms in total. The van der Waals surface area contributed by atoms with Gasteiger partial charge in [0.05, 0.1) is 13.0 Å². The van der Waals surface area contributed by atoms with Crippen LogP contribution in [0.25, 0.3) is 11.3 Å². The highest BCUT2D eigenvalue weighted by Gasteiger charge is 2.41. The lowest BCUT2D eigenvalue weighted by Crippen LogP contribution is -2.39. The van der Waals surface area contributed by atoms with Gasteiger partial charge in [-0.25, -0.2) is 4.98 Å². The summed E-state index contributed by atoms with van der Waals surface area (Å²) in [4.78, 5) is 10.4. The van der Waals surface area contributed by atoms with Crippen LogP contribution in [-0.4, -0.2) is 41.5 Å². The van der Waals surface area contributed by atoms with Gasteiger partial charge in [-0.3, -0.25) is 0 Å². The van der Waals surface area contributed by atoms with Gasteiger partial charge in [0.25, 0.3) is 0 Å². The number of hydrogen-bond donors (Lipinski definition) is 1. The fourth-order valence-electron chi connectivity index (χ4n) is 3.34. The number of hydrogen-bond acceptors (Lipinski definition) is 7. The summed E-state index contributed by atoms with van der Waals surface area (Å²) in [6, 6.07) is 10.8. The van der Waals surface area contributed by atoms with Crippen molar-refractivity contribution in [2.45, 2.75) is 19.0 Å². The van der Waals surface area contributed by atoms with Gasteiger partial charge in [0.15, 0.2) is 0 Å². The third-order valence-corrected chi connectivity index (χ3v) is 5.03. The van der Waals surface area contributed by atoms with Crippen LogP contribution in [0.4, 0.5) is 30.8 Å². The average Bonchev–Trinajstić information content (AvgIpc) is 3.22. The molecule has 2 aromatic heterocycles. The molecule has 1 aromatic carbocycles. The van der Waals surface area contributed by atoms with E-state index in [0.717, 1.165) is 11.3 Å². The molecule has 0 unspecified atom stereocenters. The molecule has 0 spiro atoms. The molecular weight excluding hydrogens is 399 g/mol. The lowest BCUT2D eigenvalue weighted by atomic mass is 9.96. The highest BCUT2D eigenvalue weighted by molar-refractivity contribution is 5.64. The molecule has 0 radical (unpaired) electrons. The second-order valence-electron chi connectivity index (χ2n) is 6.97. The van der Waals surface area contributed by atoms with Gasteiger partial charge in [0.2, 0.25) is 11.8 Å². The smallest absolute Gasteiger partial charge is 0.391 e. The summed E-state index contributed by atoms with van der Waals surface area (Å²) in [5, 5.41) is 7.06. The molecule has 0 saturated carbocycles. The molecule has 10 heteroatoms. The Kier molecular flexibility index (Phi) is 5.47. The molecule has 158 valence electrons. The second-order valence-corrected chi connectivity index (χ2v) is 6.97. The van der Waals surface area contributed by atoms with Gasteiger partial charge >= 0.3 is 6.18 Å². The van der Waals surface area contributed by atoms with Crippen LogP contribution >= 0.6 is 0 Å². The van der Waals surface area contributed by atoms with Crippen LogP contribution in [0, 0.1) is 5.92 Å². The summed E-state index contributed by atoms with van der Waals surface area (Å²) in [5.41, 5.74) is 1.51. The summed E-state index contributed by atoms with van der Waals surface area (Å²) in [6.07, 6.45) is -2.51. The van der Waals surface area contributed by atoms with Gasteiger partial charge in [-0.1, -0.05) is 5.16 Å². The summed E-state index contributed by atoms with van der Waals surface area (Å²) in [6.45, 7) is 0.523. The van der Waals surface area contributed by atoms with E-state index in [1.165, 1.54) is 0 Å². The topological polar surface area (TPSA) is 76.3 Å². The molecular formula is C20H20F3N5O2. The highest BCUT2D eigenvalue weighted by Crippen LogP contribution is 2.35. The van der Waals surface area contributed by atoms with Crippen LogP contribution in [0.3, 0.4) is 0 Å². The number of benzene rings is 1. The summed E-state index contributed by atoms with van der Waals surface area (Å²) >= 11 is 0. The van der Waals surface area contributed by atoms with Crippen LogP contribution in [0.5, 0.6) is 5.75 Å². The molecule has 0 bridgehead atoms. The van der Waals surface area contributed by atoms with E-state index in [0.29, 0.717) is 23.3 Å². The maximum atomic E-state index is 12.9. The van der Waals surface area contributed by atoms with Crippen molar-refractivity contribution in [2.24, 2.45) is 5.92 Å². The fraction of sp³-hybridized carbons (Fsp3) is 0.350. The van der Waals surface area contributed by atoms with Crippen molar-refractivity contribution in [1.29, 1.82) is 0 Å². The predicted octanol–water partition coefficient (Wildman–Crippen LogP) is 4.66. The first kappa shape index (κ1) is 20.0. The Hall–Kier alpha value is -3.30. The minimum Gasteiger partial charge on any atom is -0.497 e. The number of aromatic nitrogens is 3. The Balaban J connectivity index is 1.42. The minimum absolute atomic E-state index is 0.0395. The van der Waals surface area contributed by atoms with Crippen LogP contribution < -0.4 is 15.0 Å². The fourth-order valence-corrected chi connectivity index (χ4v) is 3.34. The third kappa shape index (κ3) is 4.47. The van der Waals surface area contributed by atoms with E-state index < -0.39 is 12.1 Å². The molecule has 4 rings (SSSR count). The molecule has 30 heavy (non-hydrogen) atoms. The lowest BCUT2D eigenvalue weighted by molar-refractivity contribution is -0.179. The van der Waals surface area contributed by atoms with Crippen molar-refractivity contribution in [1.82, 2.24) is 15.1 Å². The number of methoxy groups -OCH3 is 1. The van der Waals surface area contributed by atoms with Gasteiger partial charge in [-0.2, -0.15) is 18.2 Å². The van der Waals surface area contributed by atoms with E-state index in [-0.39, 0.29) is 25.9 Å². The van der Waals surface area contributed by atoms with Crippen molar-refractivity contribution >= 4 is 17.7 Å². The average molecular weight is 419 g/mol. The lowest BCUT2D eigenvalue weighted by Gasteiger charge is -2.32. The van der Waals surface area contributed by atoms with Crippen molar-refractivity contribution in [3.63, 3.8) is 0 Å². The van der Waals surface area contributed by atoms with Crippen LogP contribution in [0.15, 0.2) is 47.1 Å². The number of piperidine rings is 1. The number of ether oxygens (including phenoxy) is 1. The Morgan fingerprint density at radius 2 is 1.87 bits per heavy atom. The molecule has 3 heterocycles. The summed E-state index contributed by atoms with van der Waals surface area (Å²) < 4.78 is 49.0. The number of alkyl halides is 3. The van der Waals surface area contributed by atoms with Gasteiger partial charge in [-0.05, 0) is 43.2 Å². The summed E-state index contributed by atoms with van der Waals surface area (Å²) in [5.74, 6) is 0.723. The van der Waals surface area contributed by atoms with E-state index in [1.54, 1.807) is 30.3 Å². The Labute approximate surface area is 170 Å². The monoisotopic (exact) mass is 419 g/mol. The zero-order valence-corrected chi connectivity index (χ0v) is 16.2. The van der Waals surface area contributed by atoms with Gasteiger partial charge < -0.3 is 19.5 Å². The second kappa shape index (κ2) is 8.21. The molecule has 0 aliphatic carbocycles. The van der Waals surface area contributed by atoms with E-state index in [2.05, 4.69) is 20.4 Å². The van der Waals surface area contributed by atoms with Crippen molar-refractivity contribution in [2.75, 3.05) is 30.4 Å².